The molecule has 2 heterocycles. The number of carbonyl (C=O) groups is 1. The Kier molecular flexibility index (Phi) is 4.31. The van der Waals surface area contributed by atoms with Gasteiger partial charge in [0.15, 0.2) is 0 Å². The average molecular weight is 348 g/mol. The first-order chi connectivity index (χ1) is 12.3. The Bertz CT molecular complexity index is 915. The minimum Gasteiger partial charge on any atom is -0.493 e. The Balaban J connectivity index is 1.40. The molecule has 1 aliphatic rings. The summed E-state index contributed by atoms with van der Waals surface area (Å²) in [6, 6.07) is 13.7. The number of benzene rings is 2. The summed E-state index contributed by atoms with van der Waals surface area (Å²) in [6.07, 6.45) is 6.07. The number of hydrogen-bond acceptors (Lipinski definition) is 4. The number of nitrogens with one attached hydrogen (secondary N) is 1. The zero-order valence-corrected chi connectivity index (χ0v) is 14.3. The van der Waals surface area contributed by atoms with Crippen molar-refractivity contribution in [1.82, 2.24) is 4.98 Å². The Labute approximate surface area is 149 Å². The highest BCUT2D eigenvalue weighted by Crippen LogP contribution is 2.26. The van der Waals surface area contributed by atoms with Gasteiger partial charge in [0, 0.05) is 35.3 Å². The molecule has 124 valence electrons. The first-order valence-corrected chi connectivity index (χ1v) is 8.91. The fourth-order valence-electron chi connectivity index (χ4n) is 2.73. The molecular weight excluding hydrogens is 332 g/mol. The zero-order valence-electron chi connectivity index (χ0n) is 13.4. The van der Waals surface area contributed by atoms with Gasteiger partial charge in [-0.3, -0.25) is 4.79 Å². The fraction of sp³-hybridized carbons (Fsp3) is 0.100. The standard InChI is InChI=1S/C20H16N2O2S/c23-19(8-2-14-1-7-18-16(13-14)9-11-24-18)22-17-5-3-15(4-6-17)20-21-10-12-25-20/h1-8,10,12-13H,9,11H2,(H,22,23)/b8-2+. The van der Waals surface area contributed by atoms with Crippen molar-refractivity contribution in [3.63, 3.8) is 0 Å². The van der Waals surface area contributed by atoms with Crippen molar-refractivity contribution in [2.24, 2.45) is 0 Å². The molecule has 0 fully saturated rings. The summed E-state index contributed by atoms with van der Waals surface area (Å²) in [5, 5.41) is 5.79. The number of anilines is 1. The van der Waals surface area contributed by atoms with Gasteiger partial charge >= 0.3 is 0 Å². The van der Waals surface area contributed by atoms with Gasteiger partial charge in [0.2, 0.25) is 5.91 Å². The third kappa shape index (κ3) is 3.61. The number of hydrogen-bond donors (Lipinski definition) is 1. The van der Waals surface area contributed by atoms with Crippen molar-refractivity contribution in [2.45, 2.75) is 6.42 Å². The van der Waals surface area contributed by atoms with Gasteiger partial charge in [-0.25, -0.2) is 4.98 Å². The van der Waals surface area contributed by atoms with Gasteiger partial charge < -0.3 is 10.1 Å². The van der Waals surface area contributed by atoms with Crippen molar-refractivity contribution in [3.8, 4) is 16.3 Å². The zero-order chi connectivity index (χ0) is 17.1. The van der Waals surface area contributed by atoms with E-state index in [1.807, 2.05) is 47.9 Å². The van der Waals surface area contributed by atoms with E-state index in [9.17, 15) is 4.79 Å². The monoisotopic (exact) mass is 348 g/mol. The molecule has 3 aromatic rings. The molecule has 0 unspecified atom stereocenters. The molecule has 1 amide bonds. The van der Waals surface area contributed by atoms with E-state index in [-0.39, 0.29) is 5.91 Å². The van der Waals surface area contributed by atoms with Gasteiger partial charge in [-0.05, 0) is 53.6 Å². The van der Waals surface area contributed by atoms with Gasteiger partial charge in [0.05, 0.1) is 6.61 Å². The molecule has 0 spiro atoms. The number of thiazole rings is 1. The number of carbonyl (C=O) groups excluding carboxylic acids is 1. The van der Waals surface area contributed by atoms with E-state index < -0.39 is 0 Å². The van der Waals surface area contributed by atoms with E-state index in [2.05, 4.69) is 16.4 Å². The molecule has 2 aromatic carbocycles. The van der Waals surface area contributed by atoms with Crippen LogP contribution >= 0.6 is 11.3 Å². The first kappa shape index (κ1) is 15.6. The number of amides is 1. The van der Waals surface area contributed by atoms with Crippen LogP contribution in [-0.4, -0.2) is 17.5 Å². The maximum Gasteiger partial charge on any atom is 0.248 e. The van der Waals surface area contributed by atoms with Gasteiger partial charge in [0.1, 0.15) is 10.8 Å². The summed E-state index contributed by atoms with van der Waals surface area (Å²) in [6.45, 7) is 0.736. The predicted molar refractivity (Wildman–Crippen MR) is 101 cm³/mol. The Morgan fingerprint density at radius 3 is 2.88 bits per heavy atom. The van der Waals surface area contributed by atoms with Crippen LogP contribution in [0.15, 0.2) is 60.1 Å². The highest BCUT2D eigenvalue weighted by atomic mass is 32.1. The number of ether oxygens (including phenoxy) is 1. The summed E-state index contributed by atoms with van der Waals surface area (Å²) >= 11 is 1.59. The molecular formula is C20H16N2O2S. The summed E-state index contributed by atoms with van der Waals surface area (Å²) in [5.74, 6) is 0.792. The van der Waals surface area contributed by atoms with Crippen LogP contribution in [0.3, 0.4) is 0 Å². The third-order valence-electron chi connectivity index (χ3n) is 3.97. The lowest BCUT2D eigenvalue weighted by Crippen LogP contribution is -2.07. The Morgan fingerprint density at radius 1 is 1.20 bits per heavy atom. The molecule has 0 bridgehead atoms. The molecule has 4 nitrogen and oxygen atoms in total. The van der Waals surface area contributed by atoms with Crippen LogP contribution in [0.4, 0.5) is 5.69 Å². The van der Waals surface area contributed by atoms with Crippen LogP contribution < -0.4 is 10.1 Å². The molecule has 0 radical (unpaired) electrons. The van der Waals surface area contributed by atoms with Crippen LogP contribution in [0.25, 0.3) is 16.6 Å². The lowest BCUT2D eigenvalue weighted by molar-refractivity contribution is -0.111. The van der Waals surface area contributed by atoms with E-state index in [1.54, 1.807) is 23.6 Å². The second-order valence-electron chi connectivity index (χ2n) is 5.70. The average Bonchev–Trinajstić information content (AvgIpc) is 3.32. The van der Waals surface area contributed by atoms with Crippen LogP contribution in [0, 0.1) is 0 Å². The van der Waals surface area contributed by atoms with E-state index in [1.165, 1.54) is 5.56 Å². The SMILES string of the molecule is O=C(/C=C/c1ccc2c(c1)CCO2)Nc1ccc(-c2nccs2)cc1. The molecule has 1 N–H and O–H groups in total. The van der Waals surface area contributed by atoms with Crippen LogP contribution in [-0.2, 0) is 11.2 Å². The minimum atomic E-state index is -0.154. The first-order valence-electron chi connectivity index (χ1n) is 8.03. The van der Waals surface area contributed by atoms with E-state index >= 15 is 0 Å². The van der Waals surface area contributed by atoms with Crippen LogP contribution in [0.2, 0.25) is 0 Å². The van der Waals surface area contributed by atoms with E-state index in [0.717, 1.165) is 40.6 Å². The fourth-order valence-corrected chi connectivity index (χ4v) is 3.37. The lowest BCUT2D eigenvalue weighted by Gasteiger charge is -2.03. The normalized spacial score (nSPS) is 12.8. The third-order valence-corrected chi connectivity index (χ3v) is 4.79. The Hall–Kier alpha value is -2.92. The molecule has 0 atom stereocenters. The summed E-state index contributed by atoms with van der Waals surface area (Å²) < 4.78 is 5.49. The van der Waals surface area contributed by atoms with Gasteiger partial charge in [0.25, 0.3) is 0 Å². The Morgan fingerprint density at radius 2 is 2.08 bits per heavy atom. The van der Waals surface area contributed by atoms with Crippen molar-refractivity contribution in [3.05, 3.63) is 71.2 Å². The topological polar surface area (TPSA) is 51.2 Å². The van der Waals surface area contributed by atoms with E-state index in [0.29, 0.717) is 0 Å². The summed E-state index contributed by atoms with van der Waals surface area (Å²) in [4.78, 5) is 16.4. The van der Waals surface area contributed by atoms with Crippen molar-refractivity contribution in [2.75, 3.05) is 11.9 Å². The number of aromatic nitrogens is 1. The second kappa shape index (κ2) is 6.91. The van der Waals surface area contributed by atoms with Crippen molar-refractivity contribution < 1.29 is 9.53 Å². The second-order valence-corrected chi connectivity index (χ2v) is 6.60. The molecule has 1 aliphatic heterocycles. The molecule has 0 saturated carbocycles. The van der Waals surface area contributed by atoms with Gasteiger partial charge in [-0.15, -0.1) is 11.3 Å². The van der Waals surface area contributed by atoms with E-state index in [4.69, 9.17) is 4.74 Å². The van der Waals surface area contributed by atoms with Gasteiger partial charge in [-0.2, -0.15) is 0 Å². The smallest absolute Gasteiger partial charge is 0.248 e. The van der Waals surface area contributed by atoms with Crippen LogP contribution in [0.5, 0.6) is 5.75 Å². The molecule has 4 rings (SSSR count). The molecule has 25 heavy (non-hydrogen) atoms. The molecule has 1 aromatic heterocycles. The molecule has 5 heteroatoms. The number of fused-ring (bicyclic) bond motifs is 1. The predicted octanol–water partition coefficient (Wildman–Crippen LogP) is 4.40. The van der Waals surface area contributed by atoms with Gasteiger partial charge in [-0.1, -0.05) is 6.07 Å². The number of nitrogens with zero attached hydrogens (tertiary/aromatic N) is 1. The highest BCUT2D eigenvalue weighted by Gasteiger charge is 2.11. The minimum absolute atomic E-state index is 0.154. The highest BCUT2D eigenvalue weighted by molar-refractivity contribution is 7.13. The lowest BCUT2D eigenvalue weighted by atomic mass is 10.1. The summed E-state index contributed by atoms with van der Waals surface area (Å²) in [7, 11) is 0. The molecule has 0 saturated heterocycles. The maximum absolute atomic E-state index is 12.1. The quantitative estimate of drug-likeness (QED) is 0.711. The largest absolute Gasteiger partial charge is 0.493 e. The van der Waals surface area contributed by atoms with Crippen molar-refractivity contribution in [1.29, 1.82) is 0 Å². The van der Waals surface area contributed by atoms with Crippen LogP contribution in [0.1, 0.15) is 11.1 Å². The summed E-state index contributed by atoms with van der Waals surface area (Å²) in [5.41, 5.74) is 4.00. The maximum atomic E-state index is 12.1. The van der Waals surface area contributed by atoms with Crippen molar-refractivity contribution >= 4 is 29.0 Å². The molecule has 0 aliphatic carbocycles. The number of rotatable bonds is 4.